The summed E-state index contributed by atoms with van der Waals surface area (Å²) < 4.78 is 22.3. The van der Waals surface area contributed by atoms with Crippen LogP contribution in [0.1, 0.15) is 91.1 Å². The second-order valence-corrected chi connectivity index (χ2v) is 15.4. The highest BCUT2D eigenvalue weighted by Crippen LogP contribution is 2.49. The van der Waals surface area contributed by atoms with Gasteiger partial charge in [-0.2, -0.15) is 0 Å². The van der Waals surface area contributed by atoms with Crippen molar-refractivity contribution in [3.8, 4) is 0 Å². The summed E-state index contributed by atoms with van der Waals surface area (Å²) >= 11 is 6.93. The molecule has 2 N–H and O–H groups in total. The van der Waals surface area contributed by atoms with E-state index in [1.807, 2.05) is 12.1 Å². The van der Waals surface area contributed by atoms with Crippen LogP contribution in [0, 0.1) is 0 Å². The van der Waals surface area contributed by atoms with Gasteiger partial charge in [0.15, 0.2) is 23.1 Å². The molecule has 8 rings (SSSR count). The maximum atomic E-state index is 13.3. The third kappa shape index (κ3) is 7.04. The molecule has 58 heavy (non-hydrogen) atoms. The number of carbonyl (C=O) groups excluding carboxylic acids is 6. The number of rotatable bonds is 6. The van der Waals surface area contributed by atoms with Gasteiger partial charge in [-0.05, 0) is 37.1 Å². The van der Waals surface area contributed by atoms with Crippen LogP contribution < -0.4 is 0 Å². The van der Waals surface area contributed by atoms with Crippen LogP contribution >= 0.6 is 31.9 Å². The van der Waals surface area contributed by atoms with E-state index in [2.05, 4.69) is 31.9 Å². The molecular formula is C44H34Br2O12. The zero-order valence-corrected chi connectivity index (χ0v) is 34.1. The van der Waals surface area contributed by atoms with Gasteiger partial charge in [0, 0.05) is 55.9 Å². The largest absolute Gasteiger partial charge is 0.461 e. The second-order valence-electron chi connectivity index (χ2n) is 13.7. The second kappa shape index (κ2) is 16.0. The van der Waals surface area contributed by atoms with Crippen molar-refractivity contribution in [2.45, 2.75) is 50.1 Å². The van der Waals surface area contributed by atoms with Gasteiger partial charge in [-0.3, -0.25) is 19.2 Å². The van der Waals surface area contributed by atoms with E-state index in [0.717, 1.165) is 0 Å². The van der Waals surface area contributed by atoms with Gasteiger partial charge in [0.25, 0.3) is 0 Å². The lowest BCUT2D eigenvalue weighted by Gasteiger charge is -2.39. The lowest BCUT2D eigenvalue weighted by atomic mass is 9.75. The van der Waals surface area contributed by atoms with Crippen molar-refractivity contribution in [2.75, 3.05) is 13.2 Å². The van der Waals surface area contributed by atoms with E-state index in [1.165, 1.54) is 12.1 Å². The highest BCUT2D eigenvalue weighted by atomic mass is 79.9. The van der Waals surface area contributed by atoms with E-state index in [1.54, 1.807) is 86.6 Å². The number of halogens is 2. The van der Waals surface area contributed by atoms with Crippen LogP contribution in [0.3, 0.4) is 0 Å². The molecule has 0 bridgehead atoms. The maximum absolute atomic E-state index is 13.3. The third-order valence-electron chi connectivity index (χ3n) is 10.2. The number of aliphatic hydroxyl groups is 2. The minimum atomic E-state index is -2.38. The number of benzene rings is 4. The minimum absolute atomic E-state index is 0.0335. The molecule has 4 aliphatic rings. The lowest BCUT2D eigenvalue weighted by molar-refractivity contribution is -0.220. The molecular weight excluding hydrogens is 880 g/mol. The van der Waals surface area contributed by atoms with Crippen LogP contribution in [0.15, 0.2) is 129 Å². The first-order chi connectivity index (χ1) is 27.7. The molecule has 0 radical (unpaired) electrons. The van der Waals surface area contributed by atoms with E-state index in [9.17, 15) is 39.0 Å². The summed E-state index contributed by atoms with van der Waals surface area (Å²) in [4.78, 5) is 77.7. The summed E-state index contributed by atoms with van der Waals surface area (Å²) in [5.41, 5.74) is 2.49. The van der Waals surface area contributed by atoms with Gasteiger partial charge in [-0.15, -0.1) is 0 Å². The molecule has 0 unspecified atom stereocenters. The number of ether oxygens (including phenoxy) is 4. The Balaban J connectivity index is 0.000000177. The minimum Gasteiger partial charge on any atom is -0.461 e. The zero-order valence-electron chi connectivity index (χ0n) is 31.0. The average molecular weight is 915 g/mol. The van der Waals surface area contributed by atoms with Crippen LogP contribution in [-0.2, 0) is 28.5 Å². The van der Waals surface area contributed by atoms with E-state index in [0.29, 0.717) is 20.1 Å². The summed E-state index contributed by atoms with van der Waals surface area (Å²) in [6, 6.07) is 27.2. The Bertz CT molecular complexity index is 2320. The van der Waals surface area contributed by atoms with Crippen LogP contribution in [0.25, 0.3) is 0 Å². The summed E-state index contributed by atoms with van der Waals surface area (Å²) in [6.07, 6.45) is -0.511. The van der Waals surface area contributed by atoms with E-state index in [4.69, 9.17) is 18.9 Å². The Morgan fingerprint density at radius 1 is 0.569 bits per heavy atom. The molecule has 4 aromatic carbocycles. The number of esters is 2. The maximum Gasteiger partial charge on any atom is 0.379 e. The van der Waals surface area contributed by atoms with Gasteiger partial charge < -0.3 is 29.2 Å². The molecule has 4 atom stereocenters. The predicted octanol–water partition coefficient (Wildman–Crippen LogP) is 7.08. The molecule has 0 amide bonds. The molecule has 0 spiro atoms. The topological polar surface area (TPSA) is 180 Å². The van der Waals surface area contributed by atoms with Crippen molar-refractivity contribution < 1.29 is 57.9 Å². The highest BCUT2D eigenvalue weighted by molar-refractivity contribution is 9.10. The first kappa shape index (κ1) is 40.6. The molecule has 296 valence electrons. The first-order valence-corrected chi connectivity index (χ1v) is 19.8. The first-order valence-electron chi connectivity index (χ1n) is 18.3. The van der Waals surface area contributed by atoms with Gasteiger partial charge in [0.1, 0.15) is 0 Å². The van der Waals surface area contributed by atoms with Crippen molar-refractivity contribution in [1.29, 1.82) is 0 Å². The summed E-state index contributed by atoms with van der Waals surface area (Å²) in [6.45, 7) is 3.27. The third-order valence-corrected chi connectivity index (χ3v) is 11.6. The van der Waals surface area contributed by atoms with Crippen LogP contribution in [0.4, 0.5) is 0 Å². The summed E-state index contributed by atoms with van der Waals surface area (Å²) in [7, 11) is 0. The molecule has 4 aromatic rings. The molecule has 0 fully saturated rings. The molecule has 0 aromatic heterocycles. The van der Waals surface area contributed by atoms with Crippen LogP contribution in [0.2, 0.25) is 0 Å². The number of hydrogen-bond donors (Lipinski definition) is 2. The number of fused-ring (bicyclic) bond motifs is 2. The zero-order chi connectivity index (χ0) is 41.5. The van der Waals surface area contributed by atoms with E-state index >= 15 is 0 Å². The summed E-state index contributed by atoms with van der Waals surface area (Å²) in [5.74, 6) is -10.7. The SMILES string of the molecule is CCOC(=O)[C@]1(O)C[C@H](c2ccccc2Br)C2=C(O1)C(=O)c1ccccc1C2=O.CCOC(=O)[C@]1(O)C[C@H](c2ccccc2Br)C2=C(O1)C(=O)c1ccccc1C2=O. The van der Waals surface area contributed by atoms with Crippen molar-refractivity contribution in [3.63, 3.8) is 0 Å². The van der Waals surface area contributed by atoms with Gasteiger partial charge >= 0.3 is 23.5 Å². The molecule has 14 heteroatoms. The molecule has 0 saturated carbocycles. The van der Waals surface area contributed by atoms with Gasteiger partial charge in [0.2, 0.25) is 11.6 Å². The van der Waals surface area contributed by atoms with E-state index < -0.39 is 46.9 Å². The van der Waals surface area contributed by atoms with Crippen molar-refractivity contribution in [3.05, 3.63) is 162 Å². The van der Waals surface area contributed by atoms with Gasteiger partial charge in [0.05, 0.1) is 24.4 Å². The standard InChI is InChI=1S/2C22H17BrO6/c2*1-2-28-21(26)22(27)11-15(12-7-5-6-10-16(12)23)17-18(24)13-8-3-4-9-14(13)19(25)20(17)29-22/h2*3-10,15,27H,2,11H2,1H3/t2*15-,22+/m11/s1. The summed E-state index contributed by atoms with van der Waals surface area (Å²) in [5, 5.41) is 21.9. The fourth-order valence-corrected chi connectivity index (χ4v) is 8.66. The number of ketones is 4. The van der Waals surface area contributed by atoms with Gasteiger partial charge in [-0.1, -0.05) is 117 Å². The van der Waals surface area contributed by atoms with E-state index in [-0.39, 0.29) is 82.5 Å². The Kier molecular flexibility index (Phi) is 11.2. The Hall–Kier alpha value is -5.54. The predicted molar refractivity (Wildman–Crippen MR) is 213 cm³/mol. The Morgan fingerprint density at radius 3 is 1.21 bits per heavy atom. The quantitative estimate of drug-likeness (QED) is 0.188. The fraction of sp³-hybridized carbons (Fsp3) is 0.227. The average Bonchev–Trinajstić information content (AvgIpc) is 3.22. The molecule has 2 aliphatic heterocycles. The Morgan fingerprint density at radius 2 is 0.879 bits per heavy atom. The number of hydrogen-bond acceptors (Lipinski definition) is 12. The number of carbonyl (C=O) groups is 6. The number of Topliss-reactive ketones (excluding diaryl/α,β-unsaturated/α-hetero) is 4. The monoisotopic (exact) mass is 912 g/mol. The molecule has 2 heterocycles. The molecule has 12 nitrogen and oxygen atoms in total. The lowest BCUT2D eigenvalue weighted by Crippen LogP contribution is -2.49. The van der Waals surface area contributed by atoms with Gasteiger partial charge in [-0.25, -0.2) is 9.59 Å². The van der Waals surface area contributed by atoms with Crippen molar-refractivity contribution >= 4 is 66.9 Å². The van der Waals surface area contributed by atoms with Crippen molar-refractivity contribution in [1.82, 2.24) is 0 Å². The smallest absolute Gasteiger partial charge is 0.379 e. The number of allylic oxidation sites excluding steroid dienone is 4. The Labute approximate surface area is 348 Å². The molecule has 0 saturated heterocycles. The fourth-order valence-electron chi connectivity index (χ4n) is 7.54. The highest BCUT2D eigenvalue weighted by Gasteiger charge is 2.55. The molecule has 2 aliphatic carbocycles. The van der Waals surface area contributed by atoms with Crippen molar-refractivity contribution in [2.24, 2.45) is 0 Å². The van der Waals surface area contributed by atoms with Crippen LogP contribution in [0.5, 0.6) is 0 Å². The normalized spacial score (nSPS) is 23.2. The van der Waals surface area contributed by atoms with Crippen LogP contribution in [-0.4, -0.2) is 70.1 Å².